The minimum Gasteiger partial charge on any atom is -0.478 e. The van der Waals surface area contributed by atoms with E-state index in [-0.39, 0.29) is 0 Å². The normalized spacial score (nSPS) is 19.3. The topological polar surface area (TPSA) is 50.3 Å². The largest absolute Gasteiger partial charge is 0.478 e. The van der Waals surface area contributed by atoms with E-state index in [1.165, 1.54) is 0 Å². The van der Waals surface area contributed by atoms with E-state index >= 15 is 0 Å². The van der Waals surface area contributed by atoms with Gasteiger partial charge >= 0.3 is 0 Å². The average molecular weight is 236 g/mol. The number of rotatable bonds is 5. The van der Waals surface area contributed by atoms with Crippen LogP contribution in [0.3, 0.4) is 0 Å². The van der Waals surface area contributed by atoms with E-state index in [0.29, 0.717) is 18.5 Å². The lowest BCUT2D eigenvalue weighted by Gasteiger charge is -2.23. The van der Waals surface area contributed by atoms with Gasteiger partial charge in [0.1, 0.15) is 0 Å². The Bertz CT molecular complexity index is 352. The molecule has 1 unspecified atom stereocenters. The van der Waals surface area contributed by atoms with Crippen molar-refractivity contribution in [3.05, 3.63) is 12.3 Å². The highest BCUT2D eigenvalue weighted by molar-refractivity contribution is 5.32. The monoisotopic (exact) mass is 236 g/mol. The van der Waals surface area contributed by atoms with Crippen molar-refractivity contribution in [3.8, 4) is 5.88 Å². The number of anilines is 1. The first kappa shape index (κ1) is 12.1. The zero-order valence-corrected chi connectivity index (χ0v) is 10.5. The molecule has 0 aliphatic carbocycles. The number of likely N-dealkylation sites (N-methyl/N-ethyl adjacent to an activating group) is 1. The van der Waals surface area contributed by atoms with Gasteiger partial charge in [0, 0.05) is 31.9 Å². The van der Waals surface area contributed by atoms with E-state index in [4.69, 9.17) is 4.74 Å². The molecule has 2 heterocycles. The first-order valence-corrected chi connectivity index (χ1v) is 6.20. The molecule has 94 valence electrons. The van der Waals surface area contributed by atoms with E-state index in [0.717, 1.165) is 31.9 Å². The maximum atomic E-state index is 5.52. The van der Waals surface area contributed by atoms with Crippen LogP contribution in [0.25, 0.3) is 0 Å². The van der Waals surface area contributed by atoms with Crippen molar-refractivity contribution in [2.45, 2.75) is 25.8 Å². The van der Waals surface area contributed by atoms with Crippen molar-refractivity contribution < 1.29 is 4.74 Å². The summed E-state index contributed by atoms with van der Waals surface area (Å²) in [5.74, 6) is 1.40. The summed E-state index contributed by atoms with van der Waals surface area (Å²) >= 11 is 0. The van der Waals surface area contributed by atoms with Crippen molar-refractivity contribution in [2.75, 3.05) is 31.6 Å². The highest BCUT2D eigenvalue weighted by Crippen LogP contribution is 2.16. The molecule has 1 aromatic heterocycles. The highest BCUT2D eigenvalue weighted by Gasteiger charge is 2.21. The number of aromatic nitrogens is 2. The summed E-state index contributed by atoms with van der Waals surface area (Å²) in [6.07, 6.45) is 3.88. The third-order valence-corrected chi connectivity index (χ3v) is 2.97. The molecular formula is C12H20N4O. The van der Waals surface area contributed by atoms with Crippen LogP contribution in [0.1, 0.15) is 19.8 Å². The van der Waals surface area contributed by atoms with Gasteiger partial charge in [-0.1, -0.05) is 6.92 Å². The fraction of sp³-hybridized carbons (Fsp3) is 0.667. The third kappa shape index (κ3) is 3.06. The van der Waals surface area contributed by atoms with Gasteiger partial charge in [0.15, 0.2) is 0 Å². The molecule has 0 bridgehead atoms. The molecule has 0 radical (unpaired) electrons. The Morgan fingerprint density at radius 3 is 3.18 bits per heavy atom. The van der Waals surface area contributed by atoms with E-state index in [2.05, 4.69) is 27.1 Å². The molecule has 1 saturated heterocycles. The molecule has 0 aromatic carbocycles. The summed E-state index contributed by atoms with van der Waals surface area (Å²) in [6.45, 7) is 4.85. The second-order valence-electron chi connectivity index (χ2n) is 4.30. The van der Waals surface area contributed by atoms with Crippen LogP contribution in [-0.2, 0) is 0 Å². The summed E-state index contributed by atoms with van der Waals surface area (Å²) in [5, 5.41) is 3.34. The minimum atomic E-state index is 0.483. The van der Waals surface area contributed by atoms with Crippen LogP contribution in [0.15, 0.2) is 12.3 Å². The summed E-state index contributed by atoms with van der Waals surface area (Å²) in [5.41, 5.74) is 0. The SMILES string of the molecule is CCCOc1ccnc(N(C)C2CCNC2)n1. The predicted octanol–water partition coefficient (Wildman–Crippen LogP) is 1.06. The molecule has 1 aromatic rings. The van der Waals surface area contributed by atoms with Gasteiger partial charge in [-0.2, -0.15) is 4.98 Å². The zero-order valence-electron chi connectivity index (χ0n) is 10.5. The molecule has 1 atom stereocenters. The Balaban J connectivity index is 2.03. The Kier molecular flexibility index (Phi) is 4.14. The van der Waals surface area contributed by atoms with Gasteiger partial charge in [-0.3, -0.25) is 0 Å². The van der Waals surface area contributed by atoms with Crippen LogP contribution in [0.4, 0.5) is 5.95 Å². The number of hydrogen-bond acceptors (Lipinski definition) is 5. The lowest BCUT2D eigenvalue weighted by atomic mass is 10.2. The molecular weight excluding hydrogens is 216 g/mol. The fourth-order valence-electron chi connectivity index (χ4n) is 1.92. The zero-order chi connectivity index (χ0) is 12.1. The second kappa shape index (κ2) is 5.82. The number of hydrogen-bond donors (Lipinski definition) is 1. The minimum absolute atomic E-state index is 0.483. The molecule has 5 heteroatoms. The summed E-state index contributed by atoms with van der Waals surface area (Å²) in [7, 11) is 2.04. The third-order valence-electron chi connectivity index (χ3n) is 2.97. The van der Waals surface area contributed by atoms with Crippen LogP contribution >= 0.6 is 0 Å². The van der Waals surface area contributed by atoms with Gasteiger partial charge in [-0.15, -0.1) is 0 Å². The Hall–Kier alpha value is -1.36. The summed E-state index contributed by atoms with van der Waals surface area (Å²) in [4.78, 5) is 10.8. The first-order chi connectivity index (χ1) is 8.31. The molecule has 1 aliphatic heterocycles. The highest BCUT2D eigenvalue weighted by atomic mass is 16.5. The maximum absolute atomic E-state index is 5.52. The van der Waals surface area contributed by atoms with Crippen molar-refractivity contribution in [2.24, 2.45) is 0 Å². The molecule has 0 amide bonds. The van der Waals surface area contributed by atoms with Gasteiger partial charge in [0.2, 0.25) is 11.8 Å². The van der Waals surface area contributed by atoms with Gasteiger partial charge < -0.3 is 15.0 Å². The molecule has 17 heavy (non-hydrogen) atoms. The molecule has 0 spiro atoms. The van der Waals surface area contributed by atoms with Crippen LogP contribution in [0.5, 0.6) is 5.88 Å². The second-order valence-corrected chi connectivity index (χ2v) is 4.30. The quantitative estimate of drug-likeness (QED) is 0.828. The molecule has 1 fully saturated rings. The van der Waals surface area contributed by atoms with E-state index in [1.807, 2.05) is 7.05 Å². The molecule has 2 rings (SSSR count). The van der Waals surface area contributed by atoms with Crippen molar-refractivity contribution in [1.82, 2.24) is 15.3 Å². The number of ether oxygens (including phenoxy) is 1. The van der Waals surface area contributed by atoms with Crippen LogP contribution in [0, 0.1) is 0 Å². The van der Waals surface area contributed by atoms with Gasteiger partial charge in [0.25, 0.3) is 0 Å². The van der Waals surface area contributed by atoms with E-state index in [1.54, 1.807) is 12.3 Å². The van der Waals surface area contributed by atoms with E-state index < -0.39 is 0 Å². The lowest BCUT2D eigenvalue weighted by Crippen LogP contribution is -2.34. The number of nitrogens with zero attached hydrogens (tertiary/aromatic N) is 3. The van der Waals surface area contributed by atoms with Crippen molar-refractivity contribution >= 4 is 5.95 Å². The fourth-order valence-corrected chi connectivity index (χ4v) is 1.92. The van der Waals surface area contributed by atoms with Gasteiger partial charge in [-0.25, -0.2) is 4.98 Å². The van der Waals surface area contributed by atoms with E-state index in [9.17, 15) is 0 Å². The van der Waals surface area contributed by atoms with Crippen molar-refractivity contribution in [1.29, 1.82) is 0 Å². The van der Waals surface area contributed by atoms with Gasteiger partial charge in [0.05, 0.1) is 6.61 Å². The summed E-state index contributed by atoms with van der Waals surface area (Å²) in [6, 6.07) is 2.29. The molecule has 1 aliphatic rings. The number of nitrogens with one attached hydrogen (secondary N) is 1. The maximum Gasteiger partial charge on any atom is 0.228 e. The molecule has 1 N–H and O–H groups in total. The average Bonchev–Trinajstić information content (AvgIpc) is 2.89. The van der Waals surface area contributed by atoms with Gasteiger partial charge in [-0.05, 0) is 19.4 Å². The van der Waals surface area contributed by atoms with Crippen LogP contribution in [-0.4, -0.2) is 42.8 Å². The molecule has 0 saturated carbocycles. The Morgan fingerprint density at radius 1 is 1.59 bits per heavy atom. The first-order valence-electron chi connectivity index (χ1n) is 6.20. The van der Waals surface area contributed by atoms with Crippen LogP contribution in [0.2, 0.25) is 0 Å². The Morgan fingerprint density at radius 2 is 2.47 bits per heavy atom. The predicted molar refractivity (Wildman–Crippen MR) is 67.5 cm³/mol. The van der Waals surface area contributed by atoms with Crippen molar-refractivity contribution in [3.63, 3.8) is 0 Å². The lowest BCUT2D eigenvalue weighted by molar-refractivity contribution is 0.304. The summed E-state index contributed by atoms with van der Waals surface area (Å²) < 4.78 is 5.52. The molecule has 5 nitrogen and oxygen atoms in total. The van der Waals surface area contributed by atoms with Crippen LogP contribution < -0.4 is 15.0 Å². The smallest absolute Gasteiger partial charge is 0.228 e. The standard InChI is InChI=1S/C12H20N4O/c1-3-8-17-11-5-7-14-12(15-11)16(2)10-4-6-13-9-10/h5,7,10,13H,3-4,6,8-9H2,1-2H3. The Labute approximate surface area is 102 Å².